The molecule has 0 saturated heterocycles. The molecule has 4 saturated carbocycles. The summed E-state index contributed by atoms with van der Waals surface area (Å²) in [7, 11) is 0. The van der Waals surface area contributed by atoms with E-state index in [9.17, 15) is 9.90 Å². The molecule has 0 aromatic rings. The number of aliphatic hydroxyl groups is 1. The van der Waals surface area contributed by atoms with Gasteiger partial charge in [0, 0.05) is 31.7 Å². The Morgan fingerprint density at radius 1 is 1.11 bits per heavy atom. The summed E-state index contributed by atoms with van der Waals surface area (Å²) < 4.78 is 5.93. The minimum atomic E-state index is -0.660. The first-order chi connectivity index (χ1) is 8.57. The summed E-state index contributed by atoms with van der Waals surface area (Å²) in [6.45, 7) is 5.34. The molecule has 0 aromatic heterocycles. The number of carbonyl (C=O) groups is 1. The van der Waals surface area contributed by atoms with E-state index >= 15 is 0 Å². The van der Waals surface area contributed by atoms with Crippen LogP contribution in [-0.2, 0) is 9.53 Å². The van der Waals surface area contributed by atoms with Crippen molar-refractivity contribution in [3.8, 4) is 0 Å². The fraction of sp³-hybridized carbons (Fsp3) is 0.786. The highest BCUT2D eigenvalue weighted by atomic mass is 127. The molecule has 4 rings (SSSR count). The van der Waals surface area contributed by atoms with Crippen molar-refractivity contribution < 1.29 is 14.6 Å². The van der Waals surface area contributed by atoms with Crippen molar-refractivity contribution in [2.45, 2.75) is 63.5 Å². The lowest BCUT2D eigenvalue weighted by atomic mass is 9.52. The third-order valence-corrected chi connectivity index (χ3v) is 6.80. The summed E-state index contributed by atoms with van der Waals surface area (Å²) in [5, 5.41) is 10.8. The standard InChI is InChI=1S/C14H18I2O3/c1-9(2)10(17)19-14-6-11(15)3-12(16,7-14)5-13(18,4-11)8-14/h18H,1,3-8H2,2H3. The van der Waals surface area contributed by atoms with Crippen LogP contribution >= 0.6 is 45.2 Å². The van der Waals surface area contributed by atoms with Gasteiger partial charge >= 0.3 is 5.97 Å². The van der Waals surface area contributed by atoms with Crippen LogP contribution in [0.3, 0.4) is 0 Å². The molecule has 2 atom stereocenters. The zero-order valence-electron chi connectivity index (χ0n) is 11.0. The third-order valence-electron chi connectivity index (χ3n) is 4.51. The van der Waals surface area contributed by atoms with Crippen LogP contribution in [0, 0.1) is 0 Å². The van der Waals surface area contributed by atoms with Crippen molar-refractivity contribution in [3.63, 3.8) is 0 Å². The Morgan fingerprint density at radius 3 is 2.05 bits per heavy atom. The molecule has 0 radical (unpaired) electrons. The van der Waals surface area contributed by atoms with Crippen molar-refractivity contribution in [1.82, 2.24) is 0 Å². The van der Waals surface area contributed by atoms with Crippen LogP contribution in [0.5, 0.6) is 0 Å². The number of carbonyl (C=O) groups excluding carboxylic acids is 1. The average Bonchev–Trinajstić information content (AvgIpc) is 2.07. The monoisotopic (exact) mass is 488 g/mol. The first kappa shape index (κ1) is 14.6. The molecule has 0 spiro atoms. The van der Waals surface area contributed by atoms with Crippen LogP contribution in [0.2, 0.25) is 0 Å². The van der Waals surface area contributed by atoms with E-state index in [2.05, 4.69) is 51.8 Å². The zero-order valence-corrected chi connectivity index (χ0v) is 15.3. The second-order valence-electron chi connectivity index (χ2n) is 6.94. The minimum absolute atomic E-state index is 0.0673. The van der Waals surface area contributed by atoms with E-state index in [4.69, 9.17) is 4.74 Å². The molecule has 4 aliphatic rings. The molecule has 4 bridgehead atoms. The van der Waals surface area contributed by atoms with Crippen molar-refractivity contribution >= 4 is 51.2 Å². The molecule has 19 heavy (non-hydrogen) atoms. The van der Waals surface area contributed by atoms with E-state index in [0.717, 1.165) is 32.1 Å². The maximum absolute atomic E-state index is 11.9. The average molecular weight is 488 g/mol. The second kappa shape index (κ2) is 4.09. The van der Waals surface area contributed by atoms with Crippen LogP contribution in [-0.4, -0.2) is 29.1 Å². The van der Waals surface area contributed by atoms with E-state index in [1.54, 1.807) is 6.92 Å². The fourth-order valence-electron chi connectivity index (χ4n) is 4.64. The molecular formula is C14H18I2O3. The summed E-state index contributed by atoms with van der Waals surface area (Å²) in [4.78, 5) is 11.9. The summed E-state index contributed by atoms with van der Waals surface area (Å²) in [6.07, 6.45) is 5.10. The van der Waals surface area contributed by atoms with Gasteiger partial charge in [0.15, 0.2) is 0 Å². The normalized spacial score (nSPS) is 51.2. The molecule has 3 nitrogen and oxygen atoms in total. The first-order valence-electron chi connectivity index (χ1n) is 6.56. The lowest BCUT2D eigenvalue weighted by molar-refractivity contribution is -0.201. The van der Waals surface area contributed by atoms with Gasteiger partial charge in [0.25, 0.3) is 0 Å². The van der Waals surface area contributed by atoms with E-state index < -0.39 is 11.2 Å². The number of ether oxygens (including phenoxy) is 1. The quantitative estimate of drug-likeness (QED) is 0.281. The number of hydrogen-bond donors (Lipinski definition) is 1. The number of hydrogen-bond acceptors (Lipinski definition) is 3. The van der Waals surface area contributed by atoms with Crippen LogP contribution in [0.1, 0.15) is 45.4 Å². The lowest BCUT2D eigenvalue weighted by Crippen LogP contribution is -2.69. The van der Waals surface area contributed by atoms with Crippen LogP contribution in [0.15, 0.2) is 12.2 Å². The fourth-order valence-corrected chi connectivity index (χ4v) is 9.64. The molecule has 2 unspecified atom stereocenters. The van der Waals surface area contributed by atoms with Crippen LogP contribution < -0.4 is 0 Å². The second-order valence-corrected chi connectivity index (χ2v) is 11.5. The van der Waals surface area contributed by atoms with Gasteiger partial charge in [-0.15, -0.1) is 0 Å². The van der Waals surface area contributed by atoms with Gasteiger partial charge in [0.1, 0.15) is 5.60 Å². The molecule has 0 amide bonds. The highest BCUT2D eigenvalue weighted by Gasteiger charge is 2.68. The van der Waals surface area contributed by atoms with Gasteiger partial charge in [-0.2, -0.15) is 0 Å². The Kier molecular flexibility index (Phi) is 3.13. The summed E-state index contributed by atoms with van der Waals surface area (Å²) >= 11 is 4.96. The van der Waals surface area contributed by atoms with E-state index in [1.165, 1.54) is 0 Å². The van der Waals surface area contributed by atoms with Gasteiger partial charge in [-0.3, -0.25) is 0 Å². The molecule has 5 heteroatoms. The third kappa shape index (κ3) is 2.47. The predicted molar refractivity (Wildman–Crippen MR) is 89.8 cm³/mol. The molecule has 106 valence electrons. The molecule has 1 N–H and O–H groups in total. The number of rotatable bonds is 2. The Bertz CT molecular complexity index is 420. The first-order valence-corrected chi connectivity index (χ1v) is 8.72. The number of alkyl halides is 2. The molecule has 0 heterocycles. The summed E-state index contributed by atoms with van der Waals surface area (Å²) in [5.41, 5.74) is -0.707. The Balaban J connectivity index is 1.95. The topological polar surface area (TPSA) is 46.5 Å². The van der Waals surface area contributed by atoms with Crippen LogP contribution in [0.4, 0.5) is 0 Å². The Labute approximate surface area is 140 Å². The van der Waals surface area contributed by atoms with Gasteiger partial charge < -0.3 is 9.84 Å². The predicted octanol–water partition coefficient (Wildman–Crippen LogP) is 3.30. The van der Waals surface area contributed by atoms with Gasteiger partial charge in [0.2, 0.25) is 0 Å². The smallest absolute Gasteiger partial charge is 0.333 e. The van der Waals surface area contributed by atoms with Crippen LogP contribution in [0.25, 0.3) is 0 Å². The molecule has 0 aromatic carbocycles. The number of halogens is 2. The Hall–Kier alpha value is 0.630. The molecule has 0 aliphatic heterocycles. The van der Waals surface area contributed by atoms with E-state index in [-0.39, 0.29) is 12.8 Å². The van der Waals surface area contributed by atoms with E-state index in [1.807, 2.05) is 0 Å². The van der Waals surface area contributed by atoms with Crippen molar-refractivity contribution in [2.24, 2.45) is 0 Å². The van der Waals surface area contributed by atoms with E-state index in [0.29, 0.717) is 12.0 Å². The molecule has 4 fully saturated rings. The number of esters is 1. The van der Waals surface area contributed by atoms with Gasteiger partial charge in [-0.1, -0.05) is 51.8 Å². The lowest BCUT2D eigenvalue weighted by Gasteiger charge is -2.65. The van der Waals surface area contributed by atoms with Crippen molar-refractivity contribution in [1.29, 1.82) is 0 Å². The van der Waals surface area contributed by atoms with Gasteiger partial charge in [0.05, 0.1) is 5.60 Å². The van der Waals surface area contributed by atoms with Crippen molar-refractivity contribution in [2.75, 3.05) is 0 Å². The Morgan fingerprint density at radius 2 is 1.63 bits per heavy atom. The highest BCUT2D eigenvalue weighted by molar-refractivity contribution is 14.1. The summed E-state index contributed by atoms with van der Waals surface area (Å²) in [6, 6.07) is 0. The SMILES string of the molecule is C=C(C)C(=O)OC12CC3(O)CC(I)(CC(I)(C3)C1)C2. The highest BCUT2D eigenvalue weighted by Crippen LogP contribution is 2.67. The maximum Gasteiger partial charge on any atom is 0.333 e. The molecular weight excluding hydrogens is 470 g/mol. The summed E-state index contributed by atoms with van der Waals surface area (Å²) in [5.74, 6) is -0.314. The largest absolute Gasteiger partial charge is 0.456 e. The maximum atomic E-state index is 11.9. The zero-order chi connectivity index (χ0) is 14.1. The van der Waals surface area contributed by atoms with Gasteiger partial charge in [-0.25, -0.2) is 4.79 Å². The molecule has 4 aliphatic carbocycles. The minimum Gasteiger partial charge on any atom is -0.456 e. The van der Waals surface area contributed by atoms with Gasteiger partial charge in [-0.05, 0) is 26.2 Å². The van der Waals surface area contributed by atoms with Crippen molar-refractivity contribution in [3.05, 3.63) is 12.2 Å².